The SMILES string of the molecule is Cc1c(C)n(-c2ccccc2)c2ncnc(Nc3ccc(Cl)cc3)c12. The lowest BCUT2D eigenvalue weighted by molar-refractivity contribution is 1.01. The fraction of sp³-hybridized carbons (Fsp3) is 0.100. The molecule has 2 aromatic carbocycles. The summed E-state index contributed by atoms with van der Waals surface area (Å²) in [7, 11) is 0. The average molecular weight is 349 g/mol. The lowest BCUT2D eigenvalue weighted by atomic mass is 10.2. The predicted molar refractivity (Wildman–Crippen MR) is 103 cm³/mol. The molecule has 0 saturated carbocycles. The van der Waals surface area contributed by atoms with Crippen LogP contribution in [-0.2, 0) is 0 Å². The minimum Gasteiger partial charge on any atom is -0.340 e. The van der Waals surface area contributed by atoms with Gasteiger partial charge in [0.15, 0.2) is 5.65 Å². The highest BCUT2D eigenvalue weighted by molar-refractivity contribution is 6.30. The van der Waals surface area contributed by atoms with Crippen LogP contribution < -0.4 is 5.32 Å². The second-order valence-electron chi connectivity index (χ2n) is 5.93. The number of halogens is 1. The smallest absolute Gasteiger partial charge is 0.150 e. The minimum absolute atomic E-state index is 0.709. The standard InChI is InChI=1S/C20H17ClN4/c1-13-14(2)25(17-6-4-3-5-7-17)20-18(13)19(22-12-23-20)24-16-10-8-15(21)9-11-16/h3-12H,1-2H3,(H,22,23,24). The number of nitrogens with one attached hydrogen (secondary N) is 1. The number of anilines is 2. The van der Waals surface area contributed by atoms with Crippen molar-refractivity contribution >= 4 is 34.1 Å². The van der Waals surface area contributed by atoms with E-state index in [9.17, 15) is 0 Å². The molecule has 0 amide bonds. The van der Waals surface area contributed by atoms with Gasteiger partial charge in [-0.1, -0.05) is 29.8 Å². The molecular weight excluding hydrogens is 332 g/mol. The van der Waals surface area contributed by atoms with Gasteiger partial charge in [-0.15, -0.1) is 0 Å². The summed E-state index contributed by atoms with van der Waals surface area (Å²) in [5, 5.41) is 5.12. The molecule has 0 radical (unpaired) electrons. The number of aromatic nitrogens is 3. The molecule has 2 heterocycles. The highest BCUT2D eigenvalue weighted by atomic mass is 35.5. The van der Waals surface area contributed by atoms with Crippen LogP contribution >= 0.6 is 11.6 Å². The van der Waals surface area contributed by atoms with Gasteiger partial charge in [0.2, 0.25) is 0 Å². The molecule has 5 heteroatoms. The summed E-state index contributed by atoms with van der Waals surface area (Å²) < 4.78 is 2.17. The fourth-order valence-electron chi connectivity index (χ4n) is 3.06. The number of nitrogens with zero attached hydrogens (tertiary/aromatic N) is 3. The summed E-state index contributed by atoms with van der Waals surface area (Å²) in [4.78, 5) is 9.01. The van der Waals surface area contributed by atoms with Crippen molar-refractivity contribution in [2.45, 2.75) is 13.8 Å². The third-order valence-corrected chi connectivity index (χ3v) is 4.67. The van der Waals surface area contributed by atoms with Crippen LogP contribution in [0.3, 0.4) is 0 Å². The first-order valence-electron chi connectivity index (χ1n) is 8.06. The van der Waals surface area contributed by atoms with E-state index in [-0.39, 0.29) is 0 Å². The molecule has 25 heavy (non-hydrogen) atoms. The minimum atomic E-state index is 0.709. The van der Waals surface area contributed by atoms with Crippen LogP contribution in [-0.4, -0.2) is 14.5 Å². The molecule has 0 fully saturated rings. The van der Waals surface area contributed by atoms with E-state index in [2.05, 4.69) is 45.8 Å². The maximum Gasteiger partial charge on any atom is 0.150 e. The van der Waals surface area contributed by atoms with Crippen LogP contribution in [0.5, 0.6) is 0 Å². The summed E-state index contributed by atoms with van der Waals surface area (Å²) >= 11 is 5.97. The fourth-order valence-corrected chi connectivity index (χ4v) is 3.18. The summed E-state index contributed by atoms with van der Waals surface area (Å²) in [5.74, 6) is 0.794. The van der Waals surface area contributed by atoms with Crippen LogP contribution in [0.4, 0.5) is 11.5 Å². The third-order valence-electron chi connectivity index (χ3n) is 4.41. The Labute approximate surface area is 151 Å². The molecule has 4 aromatic rings. The van der Waals surface area contributed by atoms with E-state index in [4.69, 9.17) is 11.6 Å². The number of aryl methyl sites for hydroxylation is 1. The highest BCUT2D eigenvalue weighted by Gasteiger charge is 2.17. The molecule has 0 aliphatic rings. The Morgan fingerprint density at radius 1 is 0.920 bits per heavy atom. The van der Waals surface area contributed by atoms with Gasteiger partial charge in [0.25, 0.3) is 0 Å². The van der Waals surface area contributed by atoms with Crippen molar-refractivity contribution in [3.63, 3.8) is 0 Å². The zero-order chi connectivity index (χ0) is 17.4. The molecule has 0 unspecified atom stereocenters. The molecule has 0 aliphatic heterocycles. The zero-order valence-electron chi connectivity index (χ0n) is 14.0. The Morgan fingerprint density at radius 2 is 1.64 bits per heavy atom. The maximum atomic E-state index is 5.97. The monoisotopic (exact) mass is 348 g/mol. The van der Waals surface area contributed by atoms with E-state index in [1.165, 1.54) is 0 Å². The number of hydrogen-bond donors (Lipinski definition) is 1. The van der Waals surface area contributed by atoms with Gasteiger partial charge in [0, 0.05) is 22.1 Å². The van der Waals surface area contributed by atoms with Gasteiger partial charge >= 0.3 is 0 Å². The van der Waals surface area contributed by atoms with Crippen LogP contribution in [0.1, 0.15) is 11.3 Å². The lowest BCUT2D eigenvalue weighted by Gasteiger charge is -2.09. The van der Waals surface area contributed by atoms with Crippen molar-refractivity contribution in [3.05, 3.63) is 77.2 Å². The summed E-state index contributed by atoms with van der Waals surface area (Å²) in [6.07, 6.45) is 1.60. The largest absolute Gasteiger partial charge is 0.340 e. The number of rotatable bonds is 3. The van der Waals surface area contributed by atoms with E-state index < -0.39 is 0 Å². The third kappa shape index (κ3) is 2.75. The zero-order valence-corrected chi connectivity index (χ0v) is 14.7. The van der Waals surface area contributed by atoms with Crippen LogP contribution in [0.2, 0.25) is 5.02 Å². The predicted octanol–water partition coefficient (Wildman–Crippen LogP) is 5.43. The van der Waals surface area contributed by atoms with Crippen molar-refractivity contribution in [2.24, 2.45) is 0 Å². The average Bonchev–Trinajstić information content (AvgIpc) is 2.89. The van der Waals surface area contributed by atoms with Crippen LogP contribution in [0.15, 0.2) is 60.9 Å². The van der Waals surface area contributed by atoms with E-state index in [0.29, 0.717) is 5.02 Å². The molecular formula is C20H17ClN4. The molecule has 1 N–H and O–H groups in total. The Morgan fingerprint density at radius 3 is 2.36 bits per heavy atom. The first-order valence-corrected chi connectivity index (χ1v) is 8.43. The van der Waals surface area contributed by atoms with Gasteiger partial charge in [-0.25, -0.2) is 9.97 Å². The van der Waals surface area contributed by atoms with Crippen molar-refractivity contribution in [1.82, 2.24) is 14.5 Å². The molecule has 2 aromatic heterocycles. The topological polar surface area (TPSA) is 42.7 Å². The Kier molecular flexibility index (Phi) is 3.90. The van der Waals surface area contributed by atoms with Crippen LogP contribution in [0, 0.1) is 13.8 Å². The second-order valence-corrected chi connectivity index (χ2v) is 6.37. The molecule has 0 atom stereocenters. The number of fused-ring (bicyclic) bond motifs is 1. The van der Waals surface area contributed by atoms with Crippen molar-refractivity contribution in [2.75, 3.05) is 5.32 Å². The van der Waals surface area contributed by atoms with E-state index >= 15 is 0 Å². The van der Waals surface area contributed by atoms with Crippen molar-refractivity contribution < 1.29 is 0 Å². The lowest BCUT2D eigenvalue weighted by Crippen LogP contribution is -1.99. The maximum absolute atomic E-state index is 5.97. The number of para-hydroxylation sites is 1. The second kappa shape index (κ2) is 6.22. The van der Waals surface area contributed by atoms with Gasteiger partial charge in [-0.3, -0.25) is 4.57 Å². The molecule has 0 spiro atoms. The van der Waals surface area contributed by atoms with Gasteiger partial charge in [-0.05, 0) is 55.8 Å². The summed E-state index contributed by atoms with van der Waals surface area (Å²) in [6, 6.07) is 17.8. The molecule has 4 nitrogen and oxygen atoms in total. The van der Waals surface area contributed by atoms with E-state index in [1.54, 1.807) is 6.33 Å². The van der Waals surface area contributed by atoms with Gasteiger partial charge < -0.3 is 5.32 Å². The molecule has 0 saturated heterocycles. The Bertz CT molecular complexity index is 1040. The van der Waals surface area contributed by atoms with Crippen LogP contribution in [0.25, 0.3) is 16.7 Å². The Balaban J connectivity index is 1.89. The normalized spacial score (nSPS) is 11.0. The van der Waals surface area contributed by atoms with E-state index in [0.717, 1.165) is 39.5 Å². The summed E-state index contributed by atoms with van der Waals surface area (Å²) in [5.41, 5.74) is 5.24. The van der Waals surface area contributed by atoms with E-state index in [1.807, 2.05) is 42.5 Å². The number of hydrogen-bond acceptors (Lipinski definition) is 3. The van der Waals surface area contributed by atoms with Gasteiger partial charge in [0.1, 0.15) is 12.1 Å². The first kappa shape index (κ1) is 15.7. The molecule has 124 valence electrons. The summed E-state index contributed by atoms with van der Waals surface area (Å²) in [6.45, 7) is 4.21. The van der Waals surface area contributed by atoms with Gasteiger partial charge in [0.05, 0.1) is 5.39 Å². The molecule has 0 bridgehead atoms. The highest BCUT2D eigenvalue weighted by Crippen LogP contribution is 2.32. The molecule has 0 aliphatic carbocycles. The quantitative estimate of drug-likeness (QED) is 0.536. The van der Waals surface area contributed by atoms with Crippen molar-refractivity contribution in [1.29, 1.82) is 0 Å². The van der Waals surface area contributed by atoms with Gasteiger partial charge in [-0.2, -0.15) is 0 Å². The van der Waals surface area contributed by atoms with Crippen molar-refractivity contribution in [3.8, 4) is 5.69 Å². The Hall–Kier alpha value is -2.85. The number of benzene rings is 2. The first-order chi connectivity index (χ1) is 12.1. The molecule has 4 rings (SSSR count).